The van der Waals surface area contributed by atoms with Gasteiger partial charge in [0.25, 0.3) is 0 Å². The molecule has 0 aromatic heterocycles. The third-order valence-corrected chi connectivity index (χ3v) is 5.30. The quantitative estimate of drug-likeness (QED) is 0.460. The number of para-hydroxylation sites is 2. The Morgan fingerprint density at radius 2 is 0.567 bits per heavy atom. The van der Waals surface area contributed by atoms with Crippen molar-refractivity contribution < 1.29 is 10.2 Å². The largest absolute Gasteiger partial charge is 0.507 e. The van der Waals surface area contributed by atoms with E-state index in [1.54, 1.807) is 0 Å². The first-order valence-corrected chi connectivity index (χ1v) is 10.9. The highest BCUT2D eigenvalue weighted by atomic mass is 16.3. The molecule has 0 radical (unpaired) electrons. The lowest BCUT2D eigenvalue weighted by molar-refractivity contribution is 0.422. The molecule has 0 heterocycles. The molecule has 0 spiro atoms. The van der Waals surface area contributed by atoms with Crippen LogP contribution in [-0.4, -0.2) is 10.2 Å². The molecule has 168 valence electrons. The van der Waals surface area contributed by atoms with Crippen molar-refractivity contribution in [2.45, 2.75) is 105 Å². The van der Waals surface area contributed by atoms with Crippen molar-refractivity contribution in [2.24, 2.45) is 0 Å². The summed E-state index contributed by atoms with van der Waals surface area (Å²) in [6.07, 6.45) is 0. The Balaban J connectivity index is 0.000000300. The summed E-state index contributed by atoms with van der Waals surface area (Å²) in [5, 5.41) is 20.5. The van der Waals surface area contributed by atoms with Crippen LogP contribution in [-0.2, 0) is 21.7 Å². The molecule has 0 saturated heterocycles. The molecular formula is C28H44O2. The average molecular weight is 413 g/mol. The summed E-state index contributed by atoms with van der Waals surface area (Å²) in [6, 6.07) is 12.1. The Kier molecular flexibility index (Phi) is 7.52. The van der Waals surface area contributed by atoms with E-state index in [0.29, 0.717) is 11.5 Å². The van der Waals surface area contributed by atoms with Crippen molar-refractivity contribution in [2.75, 3.05) is 0 Å². The fourth-order valence-electron chi connectivity index (χ4n) is 3.51. The van der Waals surface area contributed by atoms with E-state index in [-0.39, 0.29) is 21.7 Å². The summed E-state index contributed by atoms with van der Waals surface area (Å²) < 4.78 is 0. The third kappa shape index (κ3) is 6.52. The molecule has 0 aliphatic carbocycles. The molecule has 2 aromatic carbocycles. The van der Waals surface area contributed by atoms with Crippen molar-refractivity contribution in [3.63, 3.8) is 0 Å². The van der Waals surface area contributed by atoms with Gasteiger partial charge < -0.3 is 10.2 Å². The number of hydrogen-bond acceptors (Lipinski definition) is 2. The summed E-state index contributed by atoms with van der Waals surface area (Å²) in [7, 11) is 0. The third-order valence-electron chi connectivity index (χ3n) is 5.30. The van der Waals surface area contributed by atoms with Gasteiger partial charge in [-0.1, -0.05) is 119 Å². The monoisotopic (exact) mass is 412 g/mol. The normalized spacial score (nSPS) is 12.9. The molecule has 0 fully saturated rings. The zero-order valence-corrected chi connectivity index (χ0v) is 21.4. The van der Waals surface area contributed by atoms with Gasteiger partial charge in [0, 0.05) is 0 Å². The van der Waals surface area contributed by atoms with E-state index in [1.165, 1.54) is 0 Å². The van der Waals surface area contributed by atoms with E-state index in [9.17, 15) is 10.2 Å². The highest BCUT2D eigenvalue weighted by Gasteiger charge is 2.25. The standard InChI is InChI=1S/2C14H22O/c2*1-13(2,3)10-8-7-9-11(12(10)15)14(4,5)6/h2*7-9,15H,1-6H3. The molecule has 0 amide bonds. The molecule has 0 aliphatic heterocycles. The maximum atomic E-state index is 10.3. The van der Waals surface area contributed by atoms with Crippen molar-refractivity contribution in [3.05, 3.63) is 58.7 Å². The van der Waals surface area contributed by atoms with Gasteiger partial charge in [0.2, 0.25) is 0 Å². The Morgan fingerprint density at radius 3 is 0.700 bits per heavy atom. The Morgan fingerprint density at radius 1 is 0.400 bits per heavy atom. The van der Waals surface area contributed by atoms with Crippen molar-refractivity contribution in [3.8, 4) is 11.5 Å². The van der Waals surface area contributed by atoms with E-state index in [0.717, 1.165) is 22.3 Å². The predicted molar refractivity (Wildman–Crippen MR) is 131 cm³/mol. The molecule has 2 heteroatoms. The van der Waals surface area contributed by atoms with Crippen LogP contribution in [0.3, 0.4) is 0 Å². The van der Waals surface area contributed by atoms with E-state index in [2.05, 4.69) is 83.1 Å². The van der Waals surface area contributed by atoms with Crippen LogP contribution in [0.2, 0.25) is 0 Å². The molecule has 2 aromatic rings. The first-order chi connectivity index (χ1) is 13.3. The highest BCUT2D eigenvalue weighted by Crippen LogP contribution is 2.39. The summed E-state index contributed by atoms with van der Waals surface area (Å²) in [6.45, 7) is 25.4. The van der Waals surface area contributed by atoms with Gasteiger partial charge in [-0.25, -0.2) is 0 Å². The lowest BCUT2D eigenvalue weighted by atomic mass is 9.79. The maximum absolute atomic E-state index is 10.3. The molecule has 0 atom stereocenters. The maximum Gasteiger partial charge on any atom is 0.123 e. The molecule has 0 saturated carbocycles. The van der Waals surface area contributed by atoms with Crippen LogP contribution in [0.1, 0.15) is 105 Å². The average Bonchev–Trinajstić information content (AvgIpc) is 2.51. The second-order valence-electron chi connectivity index (χ2n) is 12.4. The van der Waals surface area contributed by atoms with Gasteiger partial charge in [-0.05, 0) is 43.9 Å². The zero-order chi connectivity index (χ0) is 23.7. The number of hydrogen-bond donors (Lipinski definition) is 2. The van der Waals surface area contributed by atoms with Crippen LogP contribution in [0.25, 0.3) is 0 Å². The summed E-state index contributed by atoms with van der Waals surface area (Å²) in [4.78, 5) is 0. The van der Waals surface area contributed by atoms with Gasteiger partial charge in [-0.15, -0.1) is 0 Å². The van der Waals surface area contributed by atoms with E-state index < -0.39 is 0 Å². The molecule has 2 nitrogen and oxygen atoms in total. The number of aromatic hydroxyl groups is 2. The van der Waals surface area contributed by atoms with Gasteiger partial charge in [0.15, 0.2) is 0 Å². The van der Waals surface area contributed by atoms with Crippen molar-refractivity contribution >= 4 is 0 Å². The summed E-state index contributed by atoms with van der Waals surface area (Å²) in [5.74, 6) is 0.912. The Labute approximate surface area is 185 Å². The first kappa shape index (κ1) is 26.1. The van der Waals surface area contributed by atoms with Gasteiger partial charge >= 0.3 is 0 Å². The van der Waals surface area contributed by atoms with E-state index in [1.807, 2.05) is 36.4 Å². The SMILES string of the molecule is CC(C)(C)c1cccc(C(C)(C)C)c1O.CC(C)(C)c1cccc(C(C)(C)C)c1O. The molecule has 2 N–H and O–H groups in total. The van der Waals surface area contributed by atoms with Crippen LogP contribution < -0.4 is 0 Å². The van der Waals surface area contributed by atoms with Crippen LogP contribution in [0.5, 0.6) is 11.5 Å². The first-order valence-electron chi connectivity index (χ1n) is 10.9. The van der Waals surface area contributed by atoms with Gasteiger partial charge in [0.05, 0.1) is 0 Å². The number of phenolic OH excluding ortho intramolecular Hbond substituents is 2. The second-order valence-corrected chi connectivity index (χ2v) is 12.4. The van der Waals surface area contributed by atoms with Gasteiger partial charge in [-0.3, -0.25) is 0 Å². The van der Waals surface area contributed by atoms with Crippen LogP contribution in [0.15, 0.2) is 36.4 Å². The number of benzene rings is 2. The van der Waals surface area contributed by atoms with Gasteiger partial charge in [0.1, 0.15) is 11.5 Å². The number of phenols is 2. The molecule has 0 aliphatic rings. The van der Waals surface area contributed by atoms with Crippen molar-refractivity contribution in [1.82, 2.24) is 0 Å². The lowest BCUT2D eigenvalue weighted by Gasteiger charge is -2.26. The smallest absolute Gasteiger partial charge is 0.123 e. The fourth-order valence-corrected chi connectivity index (χ4v) is 3.51. The minimum atomic E-state index is -0.00859. The minimum absolute atomic E-state index is 0.00859. The molecular weight excluding hydrogens is 368 g/mol. The Hall–Kier alpha value is -1.96. The summed E-state index contributed by atoms with van der Waals surface area (Å²) >= 11 is 0. The molecule has 0 unspecified atom stereocenters. The number of rotatable bonds is 0. The van der Waals surface area contributed by atoms with Crippen LogP contribution >= 0.6 is 0 Å². The highest BCUT2D eigenvalue weighted by molar-refractivity contribution is 5.47. The molecule has 2 rings (SSSR count). The second kappa shape index (κ2) is 8.65. The Bertz CT molecular complexity index is 710. The van der Waals surface area contributed by atoms with E-state index in [4.69, 9.17) is 0 Å². The topological polar surface area (TPSA) is 40.5 Å². The molecule has 0 bridgehead atoms. The van der Waals surface area contributed by atoms with E-state index >= 15 is 0 Å². The minimum Gasteiger partial charge on any atom is -0.507 e. The van der Waals surface area contributed by atoms with Crippen LogP contribution in [0.4, 0.5) is 0 Å². The van der Waals surface area contributed by atoms with Crippen LogP contribution in [0, 0.1) is 0 Å². The fraction of sp³-hybridized carbons (Fsp3) is 0.571. The predicted octanol–water partition coefficient (Wildman–Crippen LogP) is 7.97. The lowest BCUT2D eigenvalue weighted by Crippen LogP contribution is -2.16. The molecule has 30 heavy (non-hydrogen) atoms. The summed E-state index contributed by atoms with van der Waals surface area (Å²) in [5.41, 5.74) is 4.06. The van der Waals surface area contributed by atoms with Gasteiger partial charge in [-0.2, -0.15) is 0 Å². The van der Waals surface area contributed by atoms with Crippen molar-refractivity contribution in [1.29, 1.82) is 0 Å². The zero-order valence-electron chi connectivity index (χ0n) is 21.4.